The Bertz CT molecular complexity index is 797. The Morgan fingerprint density at radius 3 is 1.46 bits per heavy atom. The molecule has 0 unspecified atom stereocenters. The molecule has 28 heavy (non-hydrogen) atoms. The minimum absolute atomic E-state index is 0.205. The van der Waals surface area contributed by atoms with E-state index in [1.165, 1.54) is 0 Å². The van der Waals surface area contributed by atoms with Gasteiger partial charge in [-0.3, -0.25) is 0 Å². The predicted molar refractivity (Wildman–Crippen MR) is 126 cm³/mol. The first kappa shape index (κ1) is 23.0. The summed E-state index contributed by atoms with van der Waals surface area (Å²) in [5.74, 6) is 0. The van der Waals surface area contributed by atoms with E-state index in [1.807, 2.05) is 62.8 Å². The molecule has 0 aliphatic rings. The van der Waals surface area contributed by atoms with Crippen LogP contribution < -0.4 is 0 Å². The maximum absolute atomic E-state index is 4.43. The second-order valence-corrected chi connectivity index (χ2v) is 13.8. The number of pyridine rings is 2. The van der Waals surface area contributed by atoms with Crippen molar-refractivity contribution in [3.63, 3.8) is 0 Å². The number of nitrogens with zero attached hydrogens (tertiary/aromatic N) is 6. The Morgan fingerprint density at radius 1 is 0.714 bits per heavy atom. The summed E-state index contributed by atoms with van der Waals surface area (Å²) in [5, 5.41) is 17.6. The van der Waals surface area contributed by atoms with Crippen molar-refractivity contribution >= 4 is 69.1 Å². The molecule has 6 nitrogen and oxygen atoms in total. The second kappa shape index (κ2) is 13.0. The fourth-order valence-corrected chi connectivity index (χ4v) is 12.2. The number of hydrogen-bond acceptors (Lipinski definition) is 8. The molecule has 0 bridgehead atoms. The van der Waals surface area contributed by atoms with Gasteiger partial charge >= 0.3 is 186 Å². The maximum atomic E-state index is 4.43. The van der Waals surface area contributed by atoms with Crippen LogP contribution in [0.3, 0.4) is 0 Å². The van der Waals surface area contributed by atoms with Crippen molar-refractivity contribution in [2.24, 2.45) is 20.4 Å². The number of aromatic nitrogens is 2. The molecule has 146 valence electrons. The third-order valence-electron chi connectivity index (χ3n) is 3.17. The van der Waals surface area contributed by atoms with Crippen LogP contribution in [-0.4, -0.2) is 68.0 Å². The molecule has 2 heterocycles. The van der Waals surface area contributed by atoms with E-state index in [-0.39, 0.29) is 26.3 Å². The van der Waals surface area contributed by atoms with E-state index in [2.05, 4.69) is 30.4 Å². The van der Waals surface area contributed by atoms with Gasteiger partial charge in [0.1, 0.15) is 0 Å². The van der Waals surface area contributed by atoms with Gasteiger partial charge in [0.25, 0.3) is 0 Å². The van der Waals surface area contributed by atoms with Crippen molar-refractivity contribution in [1.82, 2.24) is 9.97 Å². The van der Waals surface area contributed by atoms with E-state index >= 15 is 0 Å². The van der Waals surface area contributed by atoms with Gasteiger partial charge in [-0.15, -0.1) is 0 Å². The Hall–Kier alpha value is -1.28. The minimum atomic E-state index is 0.205. The van der Waals surface area contributed by atoms with Crippen LogP contribution >= 0.6 is 23.5 Å². The fourth-order valence-electron chi connectivity index (χ4n) is 1.74. The van der Waals surface area contributed by atoms with Crippen LogP contribution in [0.4, 0.5) is 0 Å². The summed E-state index contributed by atoms with van der Waals surface area (Å²) in [6.07, 6.45) is 7.58. The molecule has 0 fully saturated rings. The second-order valence-electron chi connectivity index (χ2n) is 5.11. The molecular formula is C18H20N6S2Se2. The number of thioether (sulfide) groups is 2. The summed E-state index contributed by atoms with van der Waals surface area (Å²) >= 11 is 3.68. The summed E-state index contributed by atoms with van der Waals surface area (Å²) in [7, 11) is 0. The molecule has 0 atom stereocenters. The van der Waals surface area contributed by atoms with Gasteiger partial charge in [0.15, 0.2) is 0 Å². The molecule has 0 saturated carbocycles. The zero-order chi connectivity index (χ0) is 20.2. The van der Waals surface area contributed by atoms with E-state index in [0.29, 0.717) is 0 Å². The van der Waals surface area contributed by atoms with Crippen molar-refractivity contribution in [1.29, 1.82) is 0 Å². The average molecular weight is 542 g/mol. The van der Waals surface area contributed by atoms with Crippen molar-refractivity contribution in [2.75, 3.05) is 12.5 Å². The molecular weight excluding hydrogens is 522 g/mol. The normalized spacial score (nSPS) is 13.7. The van der Waals surface area contributed by atoms with E-state index < -0.39 is 0 Å². The summed E-state index contributed by atoms with van der Waals surface area (Å²) < 4.78 is 2.07. The quantitative estimate of drug-likeness (QED) is 0.233. The van der Waals surface area contributed by atoms with Gasteiger partial charge in [0.05, 0.1) is 0 Å². The predicted octanol–water partition coefficient (Wildman–Crippen LogP) is 3.39. The first-order valence-electron chi connectivity index (χ1n) is 8.14. The molecule has 0 aliphatic heterocycles. The van der Waals surface area contributed by atoms with Crippen LogP contribution in [0.25, 0.3) is 0 Å². The van der Waals surface area contributed by atoms with E-state index in [9.17, 15) is 0 Å². The monoisotopic (exact) mass is 544 g/mol. The molecule has 0 spiro atoms. The molecule has 0 saturated heterocycles. The van der Waals surface area contributed by atoms with Crippen LogP contribution in [0.5, 0.6) is 0 Å². The first-order valence-corrected chi connectivity index (χ1v) is 16.6. The van der Waals surface area contributed by atoms with Crippen LogP contribution in [0.15, 0.2) is 69.2 Å². The third-order valence-corrected chi connectivity index (χ3v) is 14.9. The van der Waals surface area contributed by atoms with Crippen molar-refractivity contribution < 1.29 is 0 Å². The standard InChI is InChI=1S/C18H20N6S2Se2/c1-13(15-9-5-7-11-19-15)21-23-17(25-3)27-28-18(26-4)24-22-14(2)16-10-6-8-12-20-16/h5-12H,1-4H3/b21-13+,22-14+,23-17-,24-18+. The SMILES string of the molecule is CS/C(=N/N=C(\C)c1ccccn1)[Se][Se]/C(=N/N=C(\C)c1ccccn1)SC. The van der Waals surface area contributed by atoms with Gasteiger partial charge in [-0.2, -0.15) is 0 Å². The van der Waals surface area contributed by atoms with E-state index in [0.717, 1.165) is 30.7 Å². The van der Waals surface area contributed by atoms with Crippen LogP contribution in [-0.2, 0) is 0 Å². The third kappa shape index (κ3) is 7.99. The van der Waals surface area contributed by atoms with Gasteiger partial charge in [0.2, 0.25) is 0 Å². The molecule has 2 aromatic heterocycles. The van der Waals surface area contributed by atoms with Gasteiger partial charge in [-0.05, 0) is 0 Å². The van der Waals surface area contributed by atoms with Crippen molar-refractivity contribution in [3.8, 4) is 0 Å². The van der Waals surface area contributed by atoms with Crippen LogP contribution in [0.1, 0.15) is 25.2 Å². The van der Waals surface area contributed by atoms with Gasteiger partial charge in [0, 0.05) is 0 Å². The van der Waals surface area contributed by atoms with E-state index in [4.69, 9.17) is 0 Å². The molecule has 0 N–H and O–H groups in total. The molecule has 0 aromatic carbocycles. The summed E-state index contributed by atoms with van der Waals surface area (Å²) in [5.41, 5.74) is 3.31. The first-order chi connectivity index (χ1) is 13.6. The summed E-state index contributed by atoms with van der Waals surface area (Å²) in [6.45, 7) is 3.84. The zero-order valence-corrected chi connectivity index (χ0v) is 21.0. The van der Waals surface area contributed by atoms with Gasteiger partial charge in [-0.25, -0.2) is 0 Å². The Kier molecular flexibility index (Phi) is 10.7. The Morgan fingerprint density at radius 2 is 1.14 bits per heavy atom. The molecule has 0 radical (unpaired) electrons. The molecule has 0 aliphatic carbocycles. The average Bonchev–Trinajstić information content (AvgIpc) is 2.76. The zero-order valence-electron chi connectivity index (χ0n) is 15.9. The van der Waals surface area contributed by atoms with Gasteiger partial charge < -0.3 is 0 Å². The number of rotatable bonds is 7. The van der Waals surface area contributed by atoms with Crippen molar-refractivity contribution in [3.05, 3.63) is 60.2 Å². The molecule has 10 heteroatoms. The Labute approximate surface area is 185 Å². The topological polar surface area (TPSA) is 75.2 Å². The summed E-state index contributed by atoms with van der Waals surface area (Å²) in [6, 6.07) is 11.5. The molecule has 0 amide bonds. The van der Waals surface area contributed by atoms with Crippen LogP contribution in [0.2, 0.25) is 0 Å². The van der Waals surface area contributed by atoms with Crippen LogP contribution in [0, 0.1) is 0 Å². The van der Waals surface area contributed by atoms with Crippen molar-refractivity contribution in [2.45, 2.75) is 13.8 Å². The van der Waals surface area contributed by atoms with E-state index in [1.54, 1.807) is 35.9 Å². The Balaban J connectivity index is 2.02. The summed E-state index contributed by atoms with van der Waals surface area (Å²) in [4.78, 5) is 8.59. The van der Waals surface area contributed by atoms with Gasteiger partial charge in [-0.1, -0.05) is 0 Å². The fraction of sp³-hybridized carbons (Fsp3) is 0.222. The number of hydrogen-bond donors (Lipinski definition) is 0. The molecule has 2 aromatic rings. The molecule has 2 rings (SSSR count).